The van der Waals surface area contributed by atoms with Gasteiger partial charge in [-0.05, 0) is 81.3 Å². The second kappa shape index (κ2) is 9.23. The van der Waals surface area contributed by atoms with Gasteiger partial charge in [0.05, 0.1) is 11.4 Å². The molecule has 0 saturated carbocycles. The first kappa shape index (κ1) is 21.6. The van der Waals surface area contributed by atoms with Gasteiger partial charge < -0.3 is 9.40 Å². The van der Waals surface area contributed by atoms with Crippen molar-refractivity contribution < 1.29 is 9.23 Å². The summed E-state index contributed by atoms with van der Waals surface area (Å²) < 4.78 is 15.7. The van der Waals surface area contributed by atoms with Crippen LogP contribution in [0.5, 0.6) is 0 Å². The van der Waals surface area contributed by atoms with Crippen molar-refractivity contribution in [1.82, 2.24) is 4.57 Å². The first-order chi connectivity index (χ1) is 15.4. The second-order valence-corrected chi connectivity index (χ2v) is 8.15. The molecule has 3 nitrogen and oxygen atoms in total. The van der Waals surface area contributed by atoms with Gasteiger partial charge >= 0.3 is 0 Å². The van der Waals surface area contributed by atoms with Crippen LogP contribution in [0, 0.1) is 26.6 Å². The average molecular weight is 427 g/mol. The highest BCUT2D eigenvalue weighted by Gasteiger charge is 2.17. The molecule has 0 N–H and O–H groups in total. The van der Waals surface area contributed by atoms with Crippen LogP contribution in [0.2, 0.25) is 0 Å². The van der Waals surface area contributed by atoms with Crippen LogP contribution in [0.1, 0.15) is 34.9 Å². The highest BCUT2D eigenvalue weighted by Crippen LogP contribution is 2.30. The molecular weight excluding hydrogens is 399 g/mol. The molecule has 0 radical (unpaired) electrons. The number of nitrogens with zero attached hydrogens (tertiary/aromatic N) is 2. The van der Waals surface area contributed by atoms with Crippen LogP contribution in [0.25, 0.3) is 16.9 Å². The summed E-state index contributed by atoms with van der Waals surface area (Å²) in [5, 5.41) is 4.39. The van der Waals surface area contributed by atoms with Crippen LogP contribution in [0.3, 0.4) is 0 Å². The molecule has 1 heterocycles. The standard InChI is InChI=1S/C28H27FN2O/c1-19-8-14-26(15-9-19)31-22(4)27(17-28(31)24-10-12-25(29)13-11-24)21(3)30-32-18-23-7-5-6-20(2)16-23/h5-17H,18H2,1-4H3/b30-21+. The zero-order valence-electron chi connectivity index (χ0n) is 18.9. The van der Waals surface area contributed by atoms with Crippen LogP contribution in [0.15, 0.2) is 84.0 Å². The molecule has 0 saturated heterocycles. The van der Waals surface area contributed by atoms with Crippen LogP contribution in [0.4, 0.5) is 4.39 Å². The maximum absolute atomic E-state index is 13.5. The number of aryl methyl sites for hydroxylation is 2. The van der Waals surface area contributed by atoms with Gasteiger partial charge in [0.1, 0.15) is 12.4 Å². The summed E-state index contributed by atoms with van der Waals surface area (Å²) in [6, 6.07) is 25.3. The number of hydrogen-bond donors (Lipinski definition) is 0. The van der Waals surface area contributed by atoms with E-state index in [2.05, 4.69) is 73.0 Å². The van der Waals surface area contributed by atoms with E-state index < -0.39 is 0 Å². The predicted molar refractivity (Wildman–Crippen MR) is 129 cm³/mol. The zero-order chi connectivity index (χ0) is 22.7. The van der Waals surface area contributed by atoms with Gasteiger partial charge in [0.15, 0.2) is 0 Å². The molecular formula is C28H27FN2O. The Bertz CT molecular complexity index is 1250. The van der Waals surface area contributed by atoms with Crippen molar-refractivity contribution in [2.45, 2.75) is 34.3 Å². The molecule has 4 heteroatoms. The Morgan fingerprint density at radius 1 is 0.875 bits per heavy atom. The van der Waals surface area contributed by atoms with E-state index in [9.17, 15) is 4.39 Å². The molecule has 0 aliphatic carbocycles. The summed E-state index contributed by atoms with van der Waals surface area (Å²) in [5.41, 5.74) is 9.29. The number of oxime groups is 1. The fraction of sp³-hybridized carbons (Fsp3) is 0.179. The van der Waals surface area contributed by atoms with Crippen molar-refractivity contribution in [3.05, 3.63) is 113 Å². The van der Waals surface area contributed by atoms with Crippen LogP contribution in [-0.4, -0.2) is 10.3 Å². The fourth-order valence-corrected chi connectivity index (χ4v) is 3.89. The van der Waals surface area contributed by atoms with Crippen molar-refractivity contribution in [1.29, 1.82) is 0 Å². The van der Waals surface area contributed by atoms with Gasteiger partial charge in [-0.3, -0.25) is 0 Å². The maximum atomic E-state index is 13.5. The summed E-state index contributed by atoms with van der Waals surface area (Å²) in [6.45, 7) is 8.57. The Balaban J connectivity index is 1.71. The smallest absolute Gasteiger partial charge is 0.142 e. The van der Waals surface area contributed by atoms with Gasteiger partial charge in [-0.15, -0.1) is 0 Å². The highest BCUT2D eigenvalue weighted by molar-refractivity contribution is 6.01. The number of rotatable bonds is 6. The lowest BCUT2D eigenvalue weighted by Crippen LogP contribution is -2.02. The first-order valence-corrected chi connectivity index (χ1v) is 10.7. The molecule has 162 valence electrons. The van der Waals surface area contributed by atoms with Gasteiger partial charge in [-0.25, -0.2) is 4.39 Å². The van der Waals surface area contributed by atoms with E-state index in [1.807, 2.05) is 19.1 Å². The van der Waals surface area contributed by atoms with E-state index in [-0.39, 0.29) is 5.82 Å². The van der Waals surface area contributed by atoms with Gasteiger partial charge in [0, 0.05) is 16.9 Å². The summed E-state index contributed by atoms with van der Waals surface area (Å²) in [7, 11) is 0. The molecule has 32 heavy (non-hydrogen) atoms. The van der Waals surface area contributed by atoms with E-state index in [4.69, 9.17) is 4.84 Å². The molecule has 4 rings (SSSR count). The summed E-state index contributed by atoms with van der Waals surface area (Å²) >= 11 is 0. The minimum absolute atomic E-state index is 0.249. The third kappa shape index (κ3) is 4.65. The molecule has 4 aromatic rings. The van der Waals surface area contributed by atoms with E-state index in [1.54, 1.807) is 12.1 Å². The molecule has 0 aliphatic heterocycles. The molecule has 1 aromatic heterocycles. The Morgan fingerprint density at radius 2 is 1.59 bits per heavy atom. The molecule has 0 unspecified atom stereocenters. The molecule has 0 spiro atoms. The van der Waals surface area contributed by atoms with Gasteiger partial charge in [0.25, 0.3) is 0 Å². The quantitative estimate of drug-likeness (QED) is 0.237. The molecule has 0 fully saturated rings. The van der Waals surface area contributed by atoms with E-state index in [0.29, 0.717) is 6.61 Å². The first-order valence-electron chi connectivity index (χ1n) is 10.7. The number of hydrogen-bond acceptors (Lipinski definition) is 2. The molecule has 0 aliphatic rings. The van der Waals surface area contributed by atoms with Gasteiger partial charge in [-0.1, -0.05) is 52.7 Å². The number of aromatic nitrogens is 1. The molecule has 0 atom stereocenters. The number of benzene rings is 3. The predicted octanol–water partition coefficient (Wildman–Crippen LogP) is 7.15. The van der Waals surface area contributed by atoms with E-state index in [0.717, 1.165) is 39.5 Å². The number of halogens is 1. The topological polar surface area (TPSA) is 26.5 Å². The van der Waals surface area contributed by atoms with Crippen molar-refractivity contribution in [2.75, 3.05) is 0 Å². The van der Waals surface area contributed by atoms with Gasteiger partial charge in [-0.2, -0.15) is 0 Å². The lowest BCUT2D eigenvalue weighted by Gasteiger charge is -2.13. The minimum Gasteiger partial charge on any atom is -0.391 e. The molecule has 0 amide bonds. The SMILES string of the molecule is C/C(=N\OCc1cccc(C)c1)c1cc(-c2ccc(F)cc2)n(-c2ccc(C)cc2)c1C. The van der Waals surface area contributed by atoms with Crippen molar-refractivity contribution in [2.24, 2.45) is 5.16 Å². The Kier molecular flexibility index (Phi) is 6.22. The van der Waals surface area contributed by atoms with Crippen molar-refractivity contribution >= 4 is 5.71 Å². The molecule has 0 bridgehead atoms. The highest BCUT2D eigenvalue weighted by atomic mass is 19.1. The summed E-state index contributed by atoms with van der Waals surface area (Å²) in [4.78, 5) is 5.67. The monoisotopic (exact) mass is 426 g/mol. The van der Waals surface area contributed by atoms with Crippen molar-refractivity contribution in [3.63, 3.8) is 0 Å². The zero-order valence-corrected chi connectivity index (χ0v) is 18.9. The third-order valence-electron chi connectivity index (χ3n) is 5.58. The van der Waals surface area contributed by atoms with Gasteiger partial charge in [0.2, 0.25) is 0 Å². The van der Waals surface area contributed by atoms with Crippen LogP contribution < -0.4 is 0 Å². The molecule has 3 aromatic carbocycles. The Morgan fingerprint density at radius 3 is 2.28 bits per heavy atom. The lowest BCUT2D eigenvalue weighted by molar-refractivity contribution is 0.130. The largest absolute Gasteiger partial charge is 0.391 e. The Labute approximate surface area is 188 Å². The van der Waals surface area contributed by atoms with E-state index >= 15 is 0 Å². The maximum Gasteiger partial charge on any atom is 0.142 e. The van der Waals surface area contributed by atoms with Crippen LogP contribution in [-0.2, 0) is 11.4 Å². The van der Waals surface area contributed by atoms with E-state index in [1.165, 1.54) is 23.3 Å². The van der Waals surface area contributed by atoms with Crippen molar-refractivity contribution in [3.8, 4) is 16.9 Å². The lowest BCUT2D eigenvalue weighted by atomic mass is 10.1. The second-order valence-electron chi connectivity index (χ2n) is 8.15. The normalized spacial score (nSPS) is 11.6. The average Bonchev–Trinajstić information content (AvgIpc) is 3.12. The van der Waals surface area contributed by atoms with Crippen LogP contribution >= 0.6 is 0 Å². The summed E-state index contributed by atoms with van der Waals surface area (Å²) in [5.74, 6) is -0.249. The summed E-state index contributed by atoms with van der Waals surface area (Å²) in [6.07, 6.45) is 0. The fourth-order valence-electron chi connectivity index (χ4n) is 3.89. The minimum atomic E-state index is -0.249. The Hall–Kier alpha value is -3.66. The third-order valence-corrected chi connectivity index (χ3v) is 5.58.